The molecule has 0 spiro atoms. The van der Waals surface area contributed by atoms with Gasteiger partial charge in [0.2, 0.25) is 0 Å². The van der Waals surface area contributed by atoms with E-state index in [1.807, 2.05) is 6.92 Å². The fourth-order valence-corrected chi connectivity index (χ4v) is 3.95. The summed E-state index contributed by atoms with van der Waals surface area (Å²) in [5, 5.41) is 3.46. The van der Waals surface area contributed by atoms with Crippen LogP contribution in [-0.4, -0.2) is 25.4 Å². The van der Waals surface area contributed by atoms with E-state index in [9.17, 15) is 21.6 Å². The number of halogens is 3. The Labute approximate surface area is 172 Å². The van der Waals surface area contributed by atoms with Crippen LogP contribution >= 0.6 is 0 Å². The molecule has 0 aliphatic rings. The van der Waals surface area contributed by atoms with Crippen LogP contribution in [0.15, 0.2) is 59.5 Å². The Hall–Kier alpha value is -3.01. The van der Waals surface area contributed by atoms with Crippen molar-refractivity contribution in [1.29, 1.82) is 0 Å². The molecule has 10 heteroatoms. The Kier molecular flexibility index (Phi) is 6.06. The fourth-order valence-electron chi connectivity index (χ4n) is 2.96. The highest BCUT2D eigenvalue weighted by atomic mass is 32.2. The van der Waals surface area contributed by atoms with Gasteiger partial charge in [-0.25, -0.2) is 0 Å². The standard InChI is InChI=1S/C20H20F3N3O3S/c1-3-7-15-12-14(10-11-18(15)29-2)17-13-19(20(21,22)23)24-26(17)25-30(27,28)16-8-5-4-6-9-16/h4-6,8-13,25H,3,7H2,1-2H3. The topological polar surface area (TPSA) is 73.2 Å². The van der Waals surface area contributed by atoms with Crippen molar-refractivity contribution in [2.24, 2.45) is 0 Å². The number of aromatic nitrogens is 2. The van der Waals surface area contributed by atoms with E-state index in [1.54, 1.807) is 24.3 Å². The van der Waals surface area contributed by atoms with Gasteiger partial charge < -0.3 is 4.74 Å². The fraction of sp³-hybridized carbons (Fsp3) is 0.250. The van der Waals surface area contributed by atoms with E-state index in [4.69, 9.17) is 4.74 Å². The molecule has 0 fully saturated rings. The van der Waals surface area contributed by atoms with Crippen LogP contribution in [0.2, 0.25) is 0 Å². The Bertz CT molecular complexity index is 1130. The molecule has 0 saturated carbocycles. The van der Waals surface area contributed by atoms with Crippen molar-refractivity contribution in [2.75, 3.05) is 11.9 Å². The molecule has 160 valence electrons. The van der Waals surface area contributed by atoms with Gasteiger partial charge >= 0.3 is 6.18 Å². The number of benzene rings is 2. The zero-order valence-corrected chi connectivity index (χ0v) is 17.1. The Morgan fingerprint density at radius 1 is 1.10 bits per heavy atom. The first-order valence-corrected chi connectivity index (χ1v) is 10.6. The molecule has 30 heavy (non-hydrogen) atoms. The number of aryl methyl sites for hydroxylation is 1. The molecule has 3 rings (SSSR count). The minimum absolute atomic E-state index is 0.0400. The number of methoxy groups -OCH3 is 1. The third kappa shape index (κ3) is 4.59. The SMILES string of the molecule is CCCc1cc(-c2cc(C(F)(F)F)nn2NS(=O)(=O)c2ccccc2)ccc1OC. The minimum atomic E-state index is -4.74. The van der Waals surface area contributed by atoms with Crippen LogP contribution in [0.5, 0.6) is 5.75 Å². The van der Waals surface area contributed by atoms with Crippen molar-refractivity contribution in [3.05, 3.63) is 65.9 Å². The smallest absolute Gasteiger partial charge is 0.435 e. The predicted molar refractivity (Wildman–Crippen MR) is 106 cm³/mol. The zero-order chi connectivity index (χ0) is 21.9. The molecule has 1 aromatic heterocycles. The number of nitrogens with zero attached hydrogens (tertiary/aromatic N) is 2. The number of hydrogen-bond acceptors (Lipinski definition) is 4. The molecular formula is C20H20F3N3O3S. The summed E-state index contributed by atoms with van der Waals surface area (Å²) in [5.74, 6) is 0.604. The van der Waals surface area contributed by atoms with Crippen LogP contribution in [0.25, 0.3) is 11.3 Å². The molecule has 0 atom stereocenters. The van der Waals surface area contributed by atoms with Crippen LogP contribution in [-0.2, 0) is 22.6 Å². The summed E-state index contributed by atoms with van der Waals surface area (Å²) in [6.45, 7) is 1.96. The summed E-state index contributed by atoms with van der Waals surface area (Å²) in [6, 6.07) is 13.0. The van der Waals surface area contributed by atoms with E-state index in [1.165, 1.54) is 31.4 Å². The Morgan fingerprint density at radius 2 is 1.80 bits per heavy atom. The Balaban J connectivity index is 2.11. The number of ether oxygens (including phenoxy) is 1. The average Bonchev–Trinajstić information content (AvgIpc) is 3.12. The largest absolute Gasteiger partial charge is 0.496 e. The van der Waals surface area contributed by atoms with Crippen LogP contribution in [0, 0.1) is 0 Å². The molecule has 0 aliphatic heterocycles. The number of rotatable bonds is 7. The third-order valence-electron chi connectivity index (χ3n) is 4.36. The average molecular weight is 439 g/mol. The first-order valence-electron chi connectivity index (χ1n) is 9.08. The zero-order valence-electron chi connectivity index (χ0n) is 16.3. The number of alkyl halides is 3. The highest BCUT2D eigenvalue weighted by Crippen LogP contribution is 2.33. The molecule has 6 nitrogen and oxygen atoms in total. The van der Waals surface area contributed by atoms with Gasteiger partial charge in [-0.15, -0.1) is 5.10 Å². The first-order chi connectivity index (χ1) is 14.2. The van der Waals surface area contributed by atoms with Gasteiger partial charge in [-0.3, -0.25) is 0 Å². The normalized spacial score (nSPS) is 12.0. The van der Waals surface area contributed by atoms with E-state index in [-0.39, 0.29) is 10.6 Å². The van der Waals surface area contributed by atoms with Crippen molar-refractivity contribution >= 4 is 10.0 Å². The second-order valence-electron chi connectivity index (χ2n) is 6.51. The maximum Gasteiger partial charge on any atom is 0.435 e. The van der Waals surface area contributed by atoms with Gasteiger partial charge in [0.05, 0.1) is 17.7 Å². The third-order valence-corrected chi connectivity index (χ3v) is 5.66. The van der Waals surface area contributed by atoms with Crippen LogP contribution in [0.3, 0.4) is 0 Å². The lowest BCUT2D eigenvalue weighted by Gasteiger charge is -2.13. The highest BCUT2D eigenvalue weighted by Gasteiger charge is 2.36. The van der Waals surface area contributed by atoms with E-state index >= 15 is 0 Å². The second kappa shape index (κ2) is 8.39. The minimum Gasteiger partial charge on any atom is -0.496 e. The Morgan fingerprint density at radius 3 is 2.40 bits per heavy atom. The molecule has 1 N–H and O–H groups in total. The van der Waals surface area contributed by atoms with Gasteiger partial charge in [0, 0.05) is 5.56 Å². The number of hydrogen-bond donors (Lipinski definition) is 1. The lowest BCUT2D eigenvalue weighted by atomic mass is 10.0. The van der Waals surface area contributed by atoms with E-state index < -0.39 is 21.9 Å². The van der Waals surface area contributed by atoms with Crippen molar-refractivity contribution in [1.82, 2.24) is 9.89 Å². The van der Waals surface area contributed by atoms with E-state index in [0.717, 1.165) is 18.1 Å². The van der Waals surface area contributed by atoms with Crippen molar-refractivity contribution in [3.63, 3.8) is 0 Å². The van der Waals surface area contributed by atoms with Gasteiger partial charge in [-0.2, -0.15) is 31.2 Å². The summed E-state index contributed by atoms with van der Waals surface area (Å²) >= 11 is 0. The van der Waals surface area contributed by atoms with Crippen LogP contribution in [0.4, 0.5) is 13.2 Å². The molecule has 0 amide bonds. The van der Waals surface area contributed by atoms with E-state index in [2.05, 4.69) is 9.93 Å². The van der Waals surface area contributed by atoms with Gasteiger partial charge in [0.15, 0.2) is 5.69 Å². The van der Waals surface area contributed by atoms with Gasteiger partial charge in [-0.05, 0) is 48.4 Å². The molecule has 3 aromatic rings. The van der Waals surface area contributed by atoms with Crippen LogP contribution < -0.4 is 9.57 Å². The molecule has 0 unspecified atom stereocenters. The van der Waals surface area contributed by atoms with Gasteiger partial charge in [0.25, 0.3) is 10.0 Å². The quantitative estimate of drug-likeness (QED) is 0.590. The molecule has 0 bridgehead atoms. The first kappa shape index (κ1) is 21.7. The second-order valence-corrected chi connectivity index (χ2v) is 8.17. The maximum atomic E-state index is 13.3. The summed E-state index contributed by atoms with van der Waals surface area (Å²) in [5.41, 5.74) is -0.0781. The number of sulfonamides is 1. The van der Waals surface area contributed by atoms with Crippen molar-refractivity contribution in [2.45, 2.75) is 30.8 Å². The molecule has 0 aliphatic carbocycles. The maximum absolute atomic E-state index is 13.3. The number of nitrogens with one attached hydrogen (secondary N) is 1. The highest BCUT2D eigenvalue weighted by molar-refractivity contribution is 7.92. The summed E-state index contributed by atoms with van der Waals surface area (Å²) < 4.78 is 70.5. The molecule has 0 saturated heterocycles. The van der Waals surface area contributed by atoms with Gasteiger partial charge in [0.1, 0.15) is 5.75 Å². The summed E-state index contributed by atoms with van der Waals surface area (Å²) in [4.78, 5) is 2.67. The molecule has 0 radical (unpaired) electrons. The van der Waals surface area contributed by atoms with Gasteiger partial charge in [-0.1, -0.05) is 31.5 Å². The lowest BCUT2D eigenvalue weighted by Crippen LogP contribution is -2.25. The predicted octanol–water partition coefficient (Wildman–Crippen LogP) is 4.46. The lowest BCUT2D eigenvalue weighted by molar-refractivity contribution is -0.141. The summed E-state index contributed by atoms with van der Waals surface area (Å²) in [6.07, 6.45) is -3.29. The monoisotopic (exact) mass is 439 g/mol. The molecule has 2 aromatic carbocycles. The molecular weight excluding hydrogens is 419 g/mol. The van der Waals surface area contributed by atoms with Crippen molar-refractivity contribution in [3.8, 4) is 17.0 Å². The molecule has 1 heterocycles. The van der Waals surface area contributed by atoms with E-state index in [0.29, 0.717) is 22.5 Å². The summed E-state index contributed by atoms with van der Waals surface area (Å²) in [7, 11) is -2.64. The van der Waals surface area contributed by atoms with Crippen molar-refractivity contribution < 1.29 is 26.3 Å². The van der Waals surface area contributed by atoms with Crippen LogP contribution in [0.1, 0.15) is 24.6 Å².